The highest BCUT2D eigenvalue weighted by atomic mass is 16.6. The first-order chi connectivity index (χ1) is 14.7. The van der Waals surface area contributed by atoms with E-state index in [1.807, 2.05) is 43.3 Å². The number of β-amino-alcohol motifs (C(OH)–C–C–N with tert-alkyl or cyclic N) is 1. The Morgan fingerprint density at radius 2 is 1.83 bits per heavy atom. The molecule has 3 heterocycles. The molecule has 1 unspecified atom stereocenters. The van der Waals surface area contributed by atoms with Gasteiger partial charge in [-0.15, -0.1) is 0 Å². The van der Waals surface area contributed by atoms with Crippen LogP contribution in [0.1, 0.15) is 38.2 Å². The zero-order valence-corrected chi connectivity index (χ0v) is 17.5. The van der Waals surface area contributed by atoms with Gasteiger partial charge in [0.25, 0.3) is 11.6 Å². The summed E-state index contributed by atoms with van der Waals surface area (Å²) in [4.78, 5) is 2.25. The summed E-state index contributed by atoms with van der Waals surface area (Å²) in [5.74, 6) is 3.57. The third kappa shape index (κ3) is 3.29. The molecule has 1 N–H and O–H groups in total. The molecule has 0 amide bonds. The molecule has 6 nitrogen and oxygen atoms in total. The van der Waals surface area contributed by atoms with Gasteiger partial charge in [0.2, 0.25) is 0 Å². The lowest BCUT2D eigenvalue weighted by Crippen LogP contribution is -2.41. The molecule has 0 radical (unpaired) electrons. The molecule has 0 bridgehead atoms. The highest BCUT2D eigenvalue weighted by molar-refractivity contribution is 5.96. The van der Waals surface area contributed by atoms with E-state index in [9.17, 15) is 5.11 Å². The van der Waals surface area contributed by atoms with Gasteiger partial charge in [-0.1, -0.05) is 0 Å². The Morgan fingerprint density at radius 3 is 2.63 bits per heavy atom. The molecule has 3 aliphatic heterocycles. The van der Waals surface area contributed by atoms with E-state index in [0.717, 1.165) is 54.3 Å². The van der Waals surface area contributed by atoms with Gasteiger partial charge in [-0.2, -0.15) is 0 Å². The molecular formula is C24H29N2O4+. The molecule has 2 aromatic carbocycles. The van der Waals surface area contributed by atoms with E-state index in [1.165, 1.54) is 12.3 Å². The Kier molecular flexibility index (Phi) is 5.03. The summed E-state index contributed by atoms with van der Waals surface area (Å²) in [6.45, 7) is 5.08. The molecule has 0 saturated carbocycles. The molecule has 3 aliphatic rings. The fourth-order valence-electron chi connectivity index (χ4n) is 4.74. The van der Waals surface area contributed by atoms with Crippen LogP contribution in [0.3, 0.4) is 0 Å². The molecule has 0 aliphatic carbocycles. The Bertz CT molecular complexity index is 956. The van der Waals surface area contributed by atoms with E-state index >= 15 is 0 Å². The first-order valence-corrected chi connectivity index (χ1v) is 11.0. The number of nitrogens with zero attached hydrogens (tertiary/aromatic N) is 2. The van der Waals surface area contributed by atoms with Gasteiger partial charge < -0.3 is 19.3 Å². The smallest absolute Gasteiger partial charge is 0.271 e. The summed E-state index contributed by atoms with van der Waals surface area (Å²) in [7, 11) is 0. The van der Waals surface area contributed by atoms with Crippen molar-refractivity contribution < 1.29 is 23.9 Å². The van der Waals surface area contributed by atoms with Crippen molar-refractivity contribution in [1.82, 2.24) is 0 Å². The third-order valence-corrected chi connectivity index (χ3v) is 6.20. The van der Waals surface area contributed by atoms with E-state index in [2.05, 4.69) is 15.5 Å². The monoisotopic (exact) mass is 409 g/mol. The molecule has 0 saturated heterocycles. The van der Waals surface area contributed by atoms with Crippen LogP contribution in [0.2, 0.25) is 0 Å². The van der Waals surface area contributed by atoms with Crippen LogP contribution in [-0.4, -0.2) is 48.4 Å². The number of aliphatic hydroxyl groups is 1. The molecule has 5 rings (SSSR count). The van der Waals surface area contributed by atoms with Crippen LogP contribution >= 0.6 is 0 Å². The minimum absolute atomic E-state index is 0.482. The Hall–Kier alpha value is -2.73. The normalized spacial score (nSPS) is 23.2. The molecule has 0 spiro atoms. The lowest BCUT2D eigenvalue weighted by Gasteiger charge is -2.24. The van der Waals surface area contributed by atoms with E-state index in [-0.39, 0.29) is 0 Å². The lowest BCUT2D eigenvalue weighted by atomic mass is 10.0. The van der Waals surface area contributed by atoms with Gasteiger partial charge in [0, 0.05) is 18.1 Å². The maximum absolute atomic E-state index is 11.9. The number of amidine groups is 1. The maximum atomic E-state index is 11.9. The van der Waals surface area contributed by atoms with Crippen LogP contribution in [0.25, 0.3) is 0 Å². The van der Waals surface area contributed by atoms with Crippen molar-refractivity contribution in [3.63, 3.8) is 0 Å². The predicted molar refractivity (Wildman–Crippen MR) is 115 cm³/mol. The van der Waals surface area contributed by atoms with Crippen LogP contribution in [0.4, 0.5) is 5.69 Å². The largest absolute Gasteiger partial charge is 0.494 e. The van der Waals surface area contributed by atoms with Crippen LogP contribution in [-0.2, 0) is 5.72 Å². The molecule has 0 aromatic heterocycles. The standard InChI is InChI=1S/C24H29N2O4/c1-2-28-20-10-7-18(8-11-20)24(27)17-25(23-6-4-3-5-13-26(23)24)19-9-12-21-22(16-19)30-15-14-29-21/h7-12,16,27H,2-6,13-15,17H2,1H3/q+1. The summed E-state index contributed by atoms with van der Waals surface area (Å²) in [5, 5.41) is 11.9. The molecule has 158 valence electrons. The van der Waals surface area contributed by atoms with E-state index < -0.39 is 5.72 Å². The average molecular weight is 410 g/mol. The zero-order valence-electron chi connectivity index (χ0n) is 17.5. The maximum Gasteiger partial charge on any atom is 0.271 e. The van der Waals surface area contributed by atoms with E-state index in [4.69, 9.17) is 14.2 Å². The van der Waals surface area contributed by atoms with Gasteiger partial charge in [-0.3, -0.25) is 0 Å². The SMILES string of the molecule is CCOc1ccc(C2(O)CN(c3ccc4c(c3)OCCO4)C3=[N+]2CCCCC3)cc1. The van der Waals surface area contributed by atoms with Gasteiger partial charge in [0.05, 0.1) is 13.2 Å². The second kappa shape index (κ2) is 7.84. The van der Waals surface area contributed by atoms with Gasteiger partial charge >= 0.3 is 0 Å². The van der Waals surface area contributed by atoms with Crippen molar-refractivity contribution in [1.29, 1.82) is 0 Å². The zero-order chi connectivity index (χ0) is 20.6. The number of fused-ring (bicyclic) bond motifs is 1. The van der Waals surface area contributed by atoms with Crippen molar-refractivity contribution in [2.24, 2.45) is 0 Å². The summed E-state index contributed by atoms with van der Waals surface area (Å²) < 4.78 is 19.3. The minimum atomic E-state index is -1.07. The van der Waals surface area contributed by atoms with Gasteiger partial charge in [-0.05, 0) is 62.6 Å². The van der Waals surface area contributed by atoms with Crippen molar-refractivity contribution in [3.05, 3.63) is 48.0 Å². The molecule has 6 heteroatoms. The fourth-order valence-corrected chi connectivity index (χ4v) is 4.74. The Labute approximate surface area is 177 Å². The number of ether oxygens (including phenoxy) is 3. The number of rotatable bonds is 4. The summed E-state index contributed by atoms with van der Waals surface area (Å²) in [6.07, 6.45) is 4.34. The van der Waals surface area contributed by atoms with Crippen molar-refractivity contribution in [2.45, 2.75) is 38.3 Å². The molecule has 1 atom stereocenters. The number of hydrogen-bond donors (Lipinski definition) is 1. The van der Waals surface area contributed by atoms with Crippen LogP contribution in [0.15, 0.2) is 42.5 Å². The number of benzene rings is 2. The summed E-state index contributed by atoms with van der Waals surface area (Å²) in [5.41, 5.74) is 0.853. The van der Waals surface area contributed by atoms with Crippen molar-refractivity contribution in [3.8, 4) is 17.2 Å². The first kappa shape index (κ1) is 19.2. The summed E-state index contributed by atoms with van der Waals surface area (Å²) in [6, 6.07) is 13.9. The average Bonchev–Trinajstić information content (AvgIpc) is 2.93. The van der Waals surface area contributed by atoms with Crippen LogP contribution < -0.4 is 19.1 Å². The van der Waals surface area contributed by atoms with Crippen molar-refractivity contribution >= 4 is 11.5 Å². The molecule has 30 heavy (non-hydrogen) atoms. The lowest BCUT2D eigenvalue weighted by molar-refractivity contribution is -0.658. The van der Waals surface area contributed by atoms with Crippen molar-refractivity contribution in [2.75, 3.05) is 37.8 Å². The highest BCUT2D eigenvalue weighted by Crippen LogP contribution is 2.39. The van der Waals surface area contributed by atoms with Crippen LogP contribution in [0.5, 0.6) is 17.2 Å². The first-order valence-electron chi connectivity index (χ1n) is 11.0. The van der Waals surface area contributed by atoms with Crippen LogP contribution in [0, 0.1) is 0 Å². The van der Waals surface area contributed by atoms with Gasteiger partial charge in [0.15, 0.2) is 18.0 Å². The third-order valence-electron chi connectivity index (χ3n) is 6.20. The Morgan fingerprint density at radius 1 is 1.03 bits per heavy atom. The molecule has 0 fully saturated rings. The van der Waals surface area contributed by atoms with Gasteiger partial charge in [0.1, 0.15) is 24.7 Å². The quantitative estimate of drug-likeness (QED) is 0.784. The second-order valence-electron chi connectivity index (χ2n) is 8.07. The molecular weight excluding hydrogens is 380 g/mol. The second-order valence-corrected chi connectivity index (χ2v) is 8.07. The Balaban J connectivity index is 1.53. The topological polar surface area (TPSA) is 54.2 Å². The fraction of sp³-hybridized carbons (Fsp3) is 0.458. The minimum Gasteiger partial charge on any atom is -0.494 e. The molecule has 2 aromatic rings. The van der Waals surface area contributed by atoms with Gasteiger partial charge in [-0.25, -0.2) is 9.48 Å². The number of hydrogen-bond acceptors (Lipinski definition) is 5. The predicted octanol–water partition coefficient (Wildman–Crippen LogP) is 3.51. The number of anilines is 1. The highest BCUT2D eigenvalue weighted by Gasteiger charge is 2.52. The summed E-state index contributed by atoms with van der Waals surface area (Å²) >= 11 is 0. The van der Waals surface area contributed by atoms with E-state index in [0.29, 0.717) is 26.4 Å². The van der Waals surface area contributed by atoms with E-state index in [1.54, 1.807) is 0 Å².